The standard InChI is InChI=1S/C19H19N3O2S2/c1-12(18(24)22-9-5-6-10-22)26-19-20-16(23)15-14(11-25-17(15)21-19)13-7-3-2-4-8-13/h2-4,7-8,11-12H,5-6,9-10H2,1H3,(H,20,21,23)/t12-/m0/s1. The Morgan fingerprint density at radius 1 is 1.27 bits per heavy atom. The van der Waals surface area contributed by atoms with Crippen LogP contribution in [0.4, 0.5) is 0 Å². The molecule has 3 aromatic rings. The van der Waals surface area contributed by atoms with Crippen molar-refractivity contribution < 1.29 is 4.79 Å². The van der Waals surface area contributed by atoms with Gasteiger partial charge in [-0.05, 0) is 25.3 Å². The molecule has 0 spiro atoms. The smallest absolute Gasteiger partial charge is 0.260 e. The van der Waals surface area contributed by atoms with E-state index in [0.29, 0.717) is 15.4 Å². The summed E-state index contributed by atoms with van der Waals surface area (Å²) in [6, 6.07) is 9.83. The molecule has 0 saturated carbocycles. The zero-order valence-corrected chi connectivity index (χ0v) is 16.0. The maximum Gasteiger partial charge on any atom is 0.260 e. The summed E-state index contributed by atoms with van der Waals surface area (Å²) >= 11 is 2.78. The second kappa shape index (κ2) is 7.25. The van der Waals surface area contributed by atoms with Gasteiger partial charge in [0.05, 0.1) is 10.6 Å². The molecule has 134 valence electrons. The van der Waals surface area contributed by atoms with E-state index in [1.807, 2.05) is 47.5 Å². The molecule has 1 aliphatic rings. The van der Waals surface area contributed by atoms with Crippen LogP contribution in [-0.2, 0) is 4.79 Å². The van der Waals surface area contributed by atoms with Crippen molar-refractivity contribution in [1.82, 2.24) is 14.9 Å². The van der Waals surface area contributed by atoms with Gasteiger partial charge in [-0.25, -0.2) is 4.98 Å². The number of carbonyl (C=O) groups is 1. The van der Waals surface area contributed by atoms with Crippen molar-refractivity contribution >= 4 is 39.2 Å². The molecule has 1 aromatic carbocycles. The number of nitrogens with zero attached hydrogens (tertiary/aromatic N) is 2. The van der Waals surface area contributed by atoms with Crippen LogP contribution < -0.4 is 5.56 Å². The molecular weight excluding hydrogens is 366 g/mol. The number of aromatic amines is 1. The van der Waals surface area contributed by atoms with Crippen molar-refractivity contribution in [1.29, 1.82) is 0 Å². The quantitative estimate of drug-likeness (QED) is 0.549. The molecule has 1 aliphatic heterocycles. The van der Waals surface area contributed by atoms with E-state index in [1.165, 1.54) is 23.1 Å². The highest BCUT2D eigenvalue weighted by Crippen LogP contribution is 2.32. The number of nitrogens with one attached hydrogen (secondary N) is 1. The predicted molar refractivity (Wildman–Crippen MR) is 107 cm³/mol. The van der Waals surface area contributed by atoms with E-state index in [1.54, 1.807) is 0 Å². The van der Waals surface area contributed by atoms with Crippen LogP contribution in [0, 0.1) is 0 Å². The monoisotopic (exact) mass is 385 g/mol. The van der Waals surface area contributed by atoms with Crippen LogP contribution in [0.1, 0.15) is 19.8 Å². The number of benzene rings is 1. The van der Waals surface area contributed by atoms with Crippen molar-refractivity contribution in [2.75, 3.05) is 13.1 Å². The minimum absolute atomic E-state index is 0.117. The molecule has 1 N–H and O–H groups in total. The number of amides is 1. The van der Waals surface area contributed by atoms with Gasteiger partial charge in [0.15, 0.2) is 5.16 Å². The van der Waals surface area contributed by atoms with Crippen LogP contribution in [0.15, 0.2) is 45.7 Å². The molecule has 0 aliphatic carbocycles. The number of likely N-dealkylation sites (tertiary alicyclic amines) is 1. The van der Waals surface area contributed by atoms with Gasteiger partial charge >= 0.3 is 0 Å². The van der Waals surface area contributed by atoms with Gasteiger partial charge in [0.1, 0.15) is 4.83 Å². The molecule has 0 radical (unpaired) electrons. The largest absolute Gasteiger partial charge is 0.342 e. The molecule has 26 heavy (non-hydrogen) atoms. The Morgan fingerprint density at radius 3 is 2.73 bits per heavy atom. The highest BCUT2D eigenvalue weighted by Gasteiger charge is 2.25. The van der Waals surface area contributed by atoms with Crippen LogP contribution in [0.5, 0.6) is 0 Å². The van der Waals surface area contributed by atoms with E-state index in [9.17, 15) is 9.59 Å². The molecule has 5 nitrogen and oxygen atoms in total. The van der Waals surface area contributed by atoms with Crippen molar-refractivity contribution in [3.8, 4) is 11.1 Å². The van der Waals surface area contributed by atoms with Crippen molar-refractivity contribution in [2.24, 2.45) is 0 Å². The van der Waals surface area contributed by atoms with Gasteiger partial charge in [-0.15, -0.1) is 11.3 Å². The van der Waals surface area contributed by atoms with Crippen LogP contribution >= 0.6 is 23.1 Å². The number of fused-ring (bicyclic) bond motifs is 1. The van der Waals surface area contributed by atoms with E-state index < -0.39 is 0 Å². The first-order valence-electron chi connectivity index (χ1n) is 8.66. The molecule has 7 heteroatoms. The van der Waals surface area contributed by atoms with Crippen LogP contribution in [0.2, 0.25) is 0 Å². The third-order valence-electron chi connectivity index (χ3n) is 4.56. The number of thioether (sulfide) groups is 1. The van der Waals surface area contributed by atoms with Gasteiger partial charge in [-0.1, -0.05) is 42.1 Å². The summed E-state index contributed by atoms with van der Waals surface area (Å²) in [5.74, 6) is 0.117. The highest BCUT2D eigenvalue weighted by molar-refractivity contribution is 8.00. The Bertz CT molecular complexity index is 991. The summed E-state index contributed by atoms with van der Waals surface area (Å²) in [5.41, 5.74) is 1.75. The van der Waals surface area contributed by atoms with Gasteiger partial charge in [-0.3, -0.25) is 9.59 Å². The number of aromatic nitrogens is 2. The maximum atomic E-state index is 12.7. The third kappa shape index (κ3) is 3.29. The minimum Gasteiger partial charge on any atom is -0.342 e. The summed E-state index contributed by atoms with van der Waals surface area (Å²) in [6.45, 7) is 3.54. The first-order chi connectivity index (χ1) is 12.6. The number of rotatable bonds is 4. The molecule has 1 atom stereocenters. The number of hydrogen-bond acceptors (Lipinski definition) is 5. The summed E-state index contributed by atoms with van der Waals surface area (Å²) in [6.07, 6.45) is 2.14. The lowest BCUT2D eigenvalue weighted by atomic mass is 10.1. The molecule has 0 unspecified atom stereocenters. The highest BCUT2D eigenvalue weighted by atomic mass is 32.2. The average Bonchev–Trinajstić information content (AvgIpc) is 3.32. The predicted octanol–water partition coefficient (Wildman–Crippen LogP) is 3.75. The number of carbonyl (C=O) groups excluding carboxylic acids is 1. The fourth-order valence-corrected chi connectivity index (χ4v) is 5.11. The molecule has 2 aromatic heterocycles. The van der Waals surface area contributed by atoms with Gasteiger partial charge in [-0.2, -0.15) is 0 Å². The minimum atomic E-state index is -0.262. The third-order valence-corrected chi connectivity index (χ3v) is 6.40. The number of H-pyrrole nitrogens is 1. The van der Waals surface area contributed by atoms with Crippen LogP contribution in [0.25, 0.3) is 21.3 Å². The second-order valence-corrected chi connectivity index (χ2v) is 8.55. The van der Waals surface area contributed by atoms with Crippen LogP contribution in [0.3, 0.4) is 0 Å². The zero-order valence-electron chi connectivity index (χ0n) is 14.4. The van der Waals surface area contributed by atoms with Crippen molar-refractivity contribution in [3.63, 3.8) is 0 Å². The Balaban J connectivity index is 1.62. The van der Waals surface area contributed by atoms with Gasteiger partial charge in [0.2, 0.25) is 5.91 Å². The maximum absolute atomic E-state index is 12.7. The Kier molecular flexibility index (Phi) is 4.82. The zero-order chi connectivity index (χ0) is 18.1. The SMILES string of the molecule is C[C@H](Sc1nc2scc(-c3ccccc3)c2c(=O)[nH]1)C(=O)N1CCCC1. The normalized spacial score (nSPS) is 15.5. The summed E-state index contributed by atoms with van der Waals surface area (Å²) in [5, 5.41) is 2.82. The summed E-state index contributed by atoms with van der Waals surface area (Å²) < 4.78 is 0. The second-order valence-electron chi connectivity index (χ2n) is 6.36. The summed E-state index contributed by atoms with van der Waals surface area (Å²) in [7, 11) is 0. The molecule has 1 fully saturated rings. The van der Waals surface area contributed by atoms with E-state index in [-0.39, 0.29) is 16.7 Å². The molecule has 0 bridgehead atoms. The summed E-state index contributed by atoms with van der Waals surface area (Å²) in [4.78, 5) is 35.2. The lowest BCUT2D eigenvalue weighted by Crippen LogP contribution is -2.34. The Hall–Kier alpha value is -2.12. The fraction of sp³-hybridized carbons (Fsp3) is 0.316. The lowest BCUT2D eigenvalue weighted by molar-refractivity contribution is -0.129. The lowest BCUT2D eigenvalue weighted by Gasteiger charge is -2.19. The first kappa shape index (κ1) is 17.3. The Labute approximate surface area is 159 Å². The molecule has 4 rings (SSSR count). The van der Waals surface area contributed by atoms with E-state index >= 15 is 0 Å². The average molecular weight is 386 g/mol. The molecule has 1 amide bonds. The Morgan fingerprint density at radius 2 is 2.00 bits per heavy atom. The molecule has 3 heterocycles. The van der Waals surface area contributed by atoms with Gasteiger partial charge < -0.3 is 9.88 Å². The first-order valence-corrected chi connectivity index (χ1v) is 10.4. The number of thiophene rings is 1. The van der Waals surface area contributed by atoms with Gasteiger partial charge in [0, 0.05) is 24.0 Å². The van der Waals surface area contributed by atoms with Gasteiger partial charge in [0.25, 0.3) is 5.56 Å². The van der Waals surface area contributed by atoms with Crippen molar-refractivity contribution in [2.45, 2.75) is 30.2 Å². The molecule has 1 saturated heterocycles. The van der Waals surface area contributed by atoms with Crippen molar-refractivity contribution in [3.05, 3.63) is 46.1 Å². The van der Waals surface area contributed by atoms with E-state index in [2.05, 4.69) is 9.97 Å². The fourth-order valence-electron chi connectivity index (χ4n) is 3.23. The van der Waals surface area contributed by atoms with E-state index in [4.69, 9.17) is 0 Å². The van der Waals surface area contributed by atoms with E-state index in [0.717, 1.165) is 37.1 Å². The number of hydrogen-bond donors (Lipinski definition) is 1. The van der Waals surface area contributed by atoms with Crippen LogP contribution in [-0.4, -0.2) is 39.1 Å². The topological polar surface area (TPSA) is 66.1 Å². The molecular formula is C19H19N3O2S2.